The summed E-state index contributed by atoms with van der Waals surface area (Å²) < 4.78 is 33.0. The van der Waals surface area contributed by atoms with Gasteiger partial charge in [-0.15, -0.1) is 0 Å². The van der Waals surface area contributed by atoms with Crippen molar-refractivity contribution in [1.29, 1.82) is 0 Å². The van der Waals surface area contributed by atoms with Crippen LogP contribution >= 0.6 is 27.5 Å². The standard InChI is InChI=1S/C13H20BrClN2O3S/c1-8(2)4-9(7-16)17-21(18,19)13-6-11(15)12(20-3)5-10(13)14/h5-6,8-9,17H,4,7,16H2,1-3H3. The average molecular weight is 400 g/mol. The van der Waals surface area contributed by atoms with E-state index in [1.54, 1.807) is 0 Å². The zero-order valence-corrected chi connectivity index (χ0v) is 15.3. The summed E-state index contributed by atoms with van der Waals surface area (Å²) in [6.07, 6.45) is 0.664. The smallest absolute Gasteiger partial charge is 0.242 e. The molecule has 1 atom stereocenters. The van der Waals surface area contributed by atoms with E-state index in [9.17, 15) is 8.42 Å². The predicted molar refractivity (Wildman–Crippen MR) is 88.3 cm³/mol. The van der Waals surface area contributed by atoms with Gasteiger partial charge in [0, 0.05) is 17.1 Å². The van der Waals surface area contributed by atoms with Gasteiger partial charge in [0.05, 0.1) is 17.0 Å². The number of methoxy groups -OCH3 is 1. The minimum atomic E-state index is -3.71. The molecule has 0 aromatic heterocycles. The summed E-state index contributed by atoms with van der Waals surface area (Å²) in [5.41, 5.74) is 5.64. The monoisotopic (exact) mass is 398 g/mol. The molecule has 0 amide bonds. The first-order chi connectivity index (χ1) is 9.71. The van der Waals surface area contributed by atoms with Gasteiger partial charge < -0.3 is 10.5 Å². The van der Waals surface area contributed by atoms with Crippen molar-refractivity contribution in [3.05, 3.63) is 21.6 Å². The van der Waals surface area contributed by atoms with Crippen LogP contribution in [0.15, 0.2) is 21.5 Å². The van der Waals surface area contributed by atoms with Crippen LogP contribution in [0, 0.1) is 5.92 Å². The Bertz CT molecular complexity index is 593. The molecule has 5 nitrogen and oxygen atoms in total. The first kappa shape index (κ1) is 18.7. The van der Waals surface area contributed by atoms with Gasteiger partial charge in [-0.3, -0.25) is 0 Å². The number of rotatable bonds is 7. The molecule has 1 unspecified atom stereocenters. The number of nitrogens with one attached hydrogen (secondary N) is 1. The molecule has 1 aromatic rings. The second-order valence-corrected chi connectivity index (χ2v) is 8.04. The van der Waals surface area contributed by atoms with E-state index >= 15 is 0 Å². The summed E-state index contributed by atoms with van der Waals surface area (Å²) in [6, 6.07) is 2.56. The Labute approximate surface area is 139 Å². The molecule has 0 saturated heterocycles. The number of hydrogen-bond donors (Lipinski definition) is 2. The highest BCUT2D eigenvalue weighted by Crippen LogP contribution is 2.33. The predicted octanol–water partition coefficient (Wildman–Crippen LogP) is 2.76. The van der Waals surface area contributed by atoms with Gasteiger partial charge in [-0.2, -0.15) is 0 Å². The van der Waals surface area contributed by atoms with Crippen molar-refractivity contribution in [1.82, 2.24) is 4.72 Å². The zero-order valence-electron chi connectivity index (χ0n) is 12.2. The third-order valence-electron chi connectivity index (χ3n) is 2.86. The summed E-state index contributed by atoms with van der Waals surface area (Å²) in [7, 11) is -2.25. The number of halogens is 2. The highest BCUT2D eigenvalue weighted by Gasteiger charge is 2.23. The van der Waals surface area contributed by atoms with Gasteiger partial charge in [-0.25, -0.2) is 13.1 Å². The number of ether oxygens (including phenoxy) is 1. The van der Waals surface area contributed by atoms with E-state index < -0.39 is 10.0 Å². The zero-order chi connectivity index (χ0) is 16.2. The van der Waals surface area contributed by atoms with Crippen molar-refractivity contribution in [3.8, 4) is 5.75 Å². The summed E-state index contributed by atoms with van der Waals surface area (Å²) in [6.45, 7) is 4.26. The molecule has 8 heteroatoms. The molecule has 0 radical (unpaired) electrons. The minimum Gasteiger partial charge on any atom is -0.495 e. The van der Waals surface area contributed by atoms with E-state index in [2.05, 4.69) is 20.7 Å². The Morgan fingerprint density at radius 1 is 1.43 bits per heavy atom. The second kappa shape index (κ2) is 7.78. The molecule has 1 rings (SSSR count). The first-order valence-corrected chi connectivity index (χ1v) is 9.12. The van der Waals surface area contributed by atoms with Gasteiger partial charge in [0.1, 0.15) is 5.75 Å². The fourth-order valence-electron chi connectivity index (χ4n) is 1.92. The molecule has 0 fully saturated rings. The quantitative estimate of drug-likeness (QED) is 0.738. The van der Waals surface area contributed by atoms with Crippen molar-refractivity contribution in [3.63, 3.8) is 0 Å². The van der Waals surface area contributed by atoms with Crippen LogP contribution < -0.4 is 15.2 Å². The van der Waals surface area contributed by atoms with Crippen molar-refractivity contribution < 1.29 is 13.2 Å². The second-order valence-electron chi connectivity index (χ2n) is 5.10. The van der Waals surface area contributed by atoms with E-state index in [0.717, 1.165) is 0 Å². The Balaban J connectivity index is 3.10. The van der Waals surface area contributed by atoms with Crippen LogP contribution in [0.25, 0.3) is 0 Å². The van der Waals surface area contributed by atoms with Gasteiger partial charge in [0.2, 0.25) is 10.0 Å². The maximum atomic E-state index is 12.5. The van der Waals surface area contributed by atoms with Gasteiger partial charge in [-0.05, 0) is 40.4 Å². The summed E-state index contributed by atoms with van der Waals surface area (Å²) in [5.74, 6) is 0.740. The molecule has 3 N–H and O–H groups in total. The molecule has 1 aromatic carbocycles. The van der Waals surface area contributed by atoms with Gasteiger partial charge in [0.15, 0.2) is 0 Å². The van der Waals surface area contributed by atoms with Crippen LogP contribution in [0.2, 0.25) is 5.02 Å². The van der Waals surface area contributed by atoms with E-state index in [1.807, 2.05) is 13.8 Å². The molecule has 21 heavy (non-hydrogen) atoms. The maximum absolute atomic E-state index is 12.5. The molecule has 0 aliphatic carbocycles. The van der Waals surface area contributed by atoms with Crippen molar-refractivity contribution in [2.24, 2.45) is 11.7 Å². The lowest BCUT2D eigenvalue weighted by atomic mass is 10.1. The SMILES string of the molecule is COc1cc(Br)c(S(=O)(=O)NC(CN)CC(C)C)cc1Cl. The van der Waals surface area contributed by atoms with Crippen LogP contribution in [0.3, 0.4) is 0 Å². The van der Waals surface area contributed by atoms with Crippen LogP contribution in [-0.2, 0) is 10.0 Å². The largest absolute Gasteiger partial charge is 0.495 e. The first-order valence-electron chi connectivity index (χ1n) is 6.46. The number of nitrogens with two attached hydrogens (primary N) is 1. The molecule has 0 bridgehead atoms. The summed E-state index contributed by atoms with van der Waals surface area (Å²) in [5, 5.41) is 0.231. The van der Waals surface area contributed by atoms with Crippen molar-refractivity contribution >= 4 is 37.6 Å². The summed E-state index contributed by atoms with van der Waals surface area (Å²) in [4.78, 5) is 0.0653. The van der Waals surface area contributed by atoms with Crippen LogP contribution in [0.4, 0.5) is 0 Å². The van der Waals surface area contributed by atoms with Crippen molar-refractivity contribution in [2.45, 2.75) is 31.2 Å². The Morgan fingerprint density at radius 3 is 2.52 bits per heavy atom. The molecule has 0 spiro atoms. The topological polar surface area (TPSA) is 81.4 Å². The molecule has 120 valence electrons. The highest BCUT2D eigenvalue weighted by molar-refractivity contribution is 9.10. The van der Waals surface area contributed by atoms with Crippen LogP contribution in [-0.4, -0.2) is 28.1 Å². The van der Waals surface area contributed by atoms with Crippen LogP contribution in [0.1, 0.15) is 20.3 Å². The number of benzene rings is 1. The molecular weight excluding hydrogens is 380 g/mol. The fourth-order valence-corrected chi connectivity index (χ4v) is 4.53. The molecule has 0 aliphatic rings. The minimum absolute atomic E-state index is 0.0653. The molecule has 0 heterocycles. The maximum Gasteiger partial charge on any atom is 0.242 e. The van der Waals surface area contributed by atoms with Gasteiger partial charge in [-0.1, -0.05) is 25.4 Å². The van der Waals surface area contributed by atoms with Crippen LogP contribution in [0.5, 0.6) is 5.75 Å². The fraction of sp³-hybridized carbons (Fsp3) is 0.538. The normalized spacial score (nSPS) is 13.5. The van der Waals surface area contributed by atoms with E-state index in [0.29, 0.717) is 22.6 Å². The van der Waals surface area contributed by atoms with Gasteiger partial charge in [0.25, 0.3) is 0 Å². The number of sulfonamides is 1. The highest BCUT2D eigenvalue weighted by atomic mass is 79.9. The third-order valence-corrected chi connectivity index (χ3v) is 5.63. The Kier molecular flexibility index (Phi) is 6.93. The van der Waals surface area contributed by atoms with Gasteiger partial charge >= 0.3 is 0 Å². The Morgan fingerprint density at radius 2 is 2.05 bits per heavy atom. The van der Waals surface area contributed by atoms with E-state index in [4.69, 9.17) is 22.1 Å². The lowest BCUT2D eigenvalue weighted by Gasteiger charge is -2.19. The van der Waals surface area contributed by atoms with E-state index in [-0.39, 0.29) is 22.5 Å². The van der Waals surface area contributed by atoms with Crippen molar-refractivity contribution in [2.75, 3.05) is 13.7 Å². The average Bonchev–Trinajstić information content (AvgIpc) is 2.39. The number of hydrogen-bond acceptors (Lipinski definition) is 4. The molecule has 0 saturated carbocycles. The molecule has 0 aliphatic heterocycles. The Hall–Kier alpha value is -0.340. The third kappa shape index (κ3) is 5.10. The molecular formula is C13H20BrClN2O3S. The van der Waals surface area contributed by atoms with E-state index in [1.165, 1.54) is 19.2 Å². The summed E-state index contributed by atoms with van der Waals surface area (Å²) >= 11 is 9.23. The lowest BCUT2D eigenvalue weighted by Crippen LogP contribution is -2.41. The lowest BCUT2D eigenvalue weighted by molar-refractivity contribution is 0.414.